The number of nitrogens with zero attached hydrogens (tertiary/aromatic N) is 2. The summed E-state index contributed by atoms with van der Waals surface area (Å²) in [5.74, 6) is 3.20. The predicted molar refractivity (Wildman–Crippen MR) is 125 cm³/mol. The molecule has 1 amide bonds. The molecule has 2 unspecified atom stereocenters. The molecular weight excluding hydrogens is 483 g/mol. The zero-order valence-corrected chi connectivity index (χ0v) is 20.1. The summed E-state index contributed by atoms with van der Waals surface area (Å²) in [5.41, 5.74) is 2.37. The maximum absolute atomic E-state index is 12.6. The van der Waals surface area contributed by atoms with E-state index >= 15 is 0 Å². The standard InChI is InChI=1S/C21H32N4O3.HI/c1-14-10-17(14)24-21(22-2)23-8-5-6-20(26)25-9-7-15-11-18(27-3)19(28-4)12-16(15)13-25;/h11-12,14,17H,5-10,13H2,1-4H3,(H2,22,23,24);1H. The van der Waals surface area contributed by atoms with E-state index in [2.05, 4.69) is 22.5 Å². The van der Waals surface area contributed by atoms with Crippen LogP contribution in [0.1, 0.15) is 37.3 Å². The summed E-state index contributed by atoms with van der Waals surface area (Å²) in [6.07, 6.45) is 3.36. The minimum atomic E-state index is 0. The van der Waals surface area contributed by atoms with Gasteiger partial charge in [0.05, 0.1) is 14.2 Å². The van der Waals surface area contributed by atoms with E-state index in [0.717, 1.165) is 49.1 Å². The molecule has 1 aromatic rings. The summed E-state index contributed by atoms with van der Waals surface area (Å²) in [5, 5.41) is 6.70. The lowest BCUT2D eigenvalue weighted by Gasteiger charge is -2.29. The molecule has 0 spiro atoms. The summed E-state index contributed by atoms with van der Waals surface area (Å²) < 4.78 is 10.8. The average Bonchev–Trinajstić information content (AvgIpc) is 3.42. The first-order chi connectivity index (χ1) is 13.5. The summed E-state index contributed by atoms with van der Waals surface area (Å²) in [4.78, 5) is 18.8. The number of halogens is 1. The number of hydrogen-bond donors (Lipinski definition) is 2. The smallest absolute Gasteiger partial charge is 0.222 e. The molecule has 0 saturated heterocycles. The summed E-state index contributed by atoms with van der Waals surface area (Å²) in [6.45, 7) is 4.34. The number of amides is 1. The van der Waals surface area contributed by atoms with Gasteiger partial charge >= 0.3 is 0 Å². The second kappa shape index (κ2) is 10.9. The minimum Gasteiger partial charge on any atom is -0.493 e. The molecule has 1 fully saturated rings. The molecule has 0 radical (unpaired) electrons. The first-order valence-corrected chi connectivity index (χ1v) is 10.0. The molecule has 1 heterocycles. The highest BCUT2D eigenvalue weighted by molar-refractivity contribution is 14.0. The molecule has 0 bridgehead atoms. The van der Waals surface area contributed by atoms with E-state index in [1.165, 1.54) is 12.0 Å². The van der Waals surface area contributed by atoms with Gasteiger partial charge in [-0.2, -0.15) is 0 Å². The first kappa shape index (κ1) is 23.6. The van der Waals surface area contributed by atoms with Crippen LogP contribution < -0.4 is 20.1 Å². The highest BCUT2D eigenvalue weighted by Crippen LogP contribution is 2.33. The van der Waals surface area contributed by atoms with Gasteiger partial charge in [0.1, 0.15) is 0 Å². The van der Waals surface area contributed by atoms with Gasteiger partial charge in [-0.1, -0.05) is 6.92 Å². The van der Waals surface area contributed by atoms with Gasteiger partial charge in [0.25, 0.3) is 0 Å². The highest BCUT2D eigenvalue weighted by Gasteiger charge is 2.33. The van der Waals surface area contributed by atoms with Gasteiger partial charge in [0, 0.05) is 39.1 Å². The maximum Gasteiger partial charge on any atom is 0.222 e. The summed E-state index contributed by atoms with van der Waals surface area (Å²) in [7, 11) is 5.06. The number of rotatable bonds is 7. The fourth-order valence-electron chi connectivity index (χ4n) is 3.59. The van der Waals surface area contributed by atoms with Crippen molar-refractivity contribution >= 4 is 35.8 Å². The molecule has 1 aliphatic heterocycles. The predicted octanol–water partition coefficient (Wildman–Crippen LogP) is 2.56. The third-order valence-electron chi connectivity index (χ3n) is 5.59. The summed E-state index contributed by atoms with van der Waals surface area (Å²) in [6, 6.07) is 4.56. The van der Waals surface area contributed by atoms with Crippen LogP contribution in [0.5, 0.6) is 11.5 Å². The summed E-state index contributed by atoms with van der Waals surface area (Å²) >= 11 is 0. The van der Waals surface area contributed by atoms with E-state index in [1.807, 2.05) is 17.0 Å². The fourth-order valence-corrected chi connectivity index (χ4v) is 3.59. The SMILES string of the molecule is CN=C(NCCCC(=O)N1CCc2cc(OC)c(OC)cc2C1)NC1CC1C.I. The third kappa shape index (κ3) is 6.13. The number of nitrogens with one attached hydrogen (secondary N) is 2. The molecule has 1 saturated carbocycles. The zero-order chi connectivity index (χ0) is 20.1. The number of carbonyl (C=O) groups is 1. The Balaban J connectivity index is 0.00000300. The molecule has 1 aromatic carbocycles. The van der Waals surface area contributed by atoms with Gasteiger partial charge in [0.15, 0.2) is 17.5 Å². The van der Waals surface area contributed by atoms with E-state index in [-0.39, 0.29) is 29.9 Å². The first-order valence-electron chi connectivity index (χ1n) is 10.0. The van der Waals surface area contributed by atoms with Gasteiger partial charge in [-0.05, 0) is 48.4 Å². The van der Waals surface area contributed by atoms with Crippen LogP contribution in [-0.4, -0.2) is 57.2 Å². The van der Waals surface area contributed by atoms with Crippen LogP contribution in [-0.2, 0) is 17.8 Å². The van der Waals surface area contributed by atoms with Gasteiger partial charge in [-0.3, -0.25) is 9.79 Å². The van der Waals surface area contributed by atoms with Crippen molar-refractivity contribution in [1.29, 1.82) is 0 Å². The van der Waals surface area contributed by atoms with Crippen LogP contribution in [0.2, 0.25) is 0 Å². The fraction of sp³-hybridized carbons (Fsp3) is 0.619. The van der Waals surface area contributed by atoms with Crippen LogP contribution in [0.3, 0.4) is 0 Å². The van der Waals surface area contributed by atoms with Gasteiger partial charge in [-0.15, -0.1) is 24.0 Å². The van der Waals surface area contributed by atoms with Crippen molar-refractivity contribution in [3.8, 4) is 11.5 Å². The normalized spacial score (nSPS) is 20.3. The number of benzene rings is 1. The van der Waals surface area contributed by atoms with Crippen molar-refractivity contribution in [2.24, 2.45) is 10.9 Å². The van der Waals surface area contributed by atoms with E-state index < -0.39 is 0 Å². The van der Waals surface area contributed by atoms with E-state index in [9.17, 15) is 4.79 Å². The number of hydrogen-bond acceptors (Lipinski definition) is 4. The highest BCUT2D eigenvalue weighted by atomic mass is 127. The van der Waals surface area contributed by atoms with Crippen molar-refractivity contribution < 1.29 is 14.3 Å². The van der Waals surface area contributed by atoms with Gasteiger partial charge in [0.2, 0.25) is 5.91 Å². The van der Waals surface area contributed by atoms with Crippen molar-refractivity contribution in [2.75, 3.05) is 34.4 Å². The Kier molecular flexibility index (Phi) is 8.85. The second-order valence-electron chi connectivity index (χ2n) is 7.61. The van der Waals surface area contributed by atoms with E-state index in [4.69, 9.17) is 9.47 Å². The third-order valence-corrected chi connectivity index (χ3v) is 5.59. The van der Waals surface area contributed by atoms with Gasteiger partial charge < -0.3 is 25.0 Å². The maximum atomic E-state index is 12.6. The molecule has 2 aliphatic rings. The zero-order valence-electron chi connectivity index (χ0n) is 17.8. The topological polar surface area (TPSA) is 75.2 Å². The van der Waals surface area contributed by atoms with Crippen molar-refractivity contribution in [3.63, 3.8) is 0 Å². The van der Waals surface area contributed by atoms with E-state index in [0.29, 0.717) is 24.8 Å². The quantitative estimate of drug-likeness (QED) is 0.252. The second-order valence-corrected chi connectivity index (χ2v) is 7.61. The van der Waals surface area contributed by atoms with Crippen LogP contribution in [0.25, 0.3) is 0 Å². The molecule has 2 atom stereocenters. The number of guanidine groups is 1. The van der Waals surface area contributed by atoms with Crippen molar-refractivity contribution in [3.05, 3.63) is 23.3 Å². The Hall–Kier alpha value is -1.71. The molecule has 162 valence electrons. The number of methoxy groups -OCH3 is 2. The average molecular weight is 516 g/mol. The minimum absolute atomic E-state index is 0. The lowest BCUT2D eigenvalue weighted by molar-refractivity contribution is -0.132. The van der Waals surface area contributed by atoms with Crippen LogP contribution in [0.4, 0.5) is 0 Å². The largest absolute Gasteiger partial charge is 0.493 e. The molecule has 3 rings (SSSR count). The molecule has 7 nitrogen and oxygen atoms in total. The van der Waals surface area contributed by atoms with Crippen LogP contribution in [0.15, 0.2) is 17.1 Å². The Morgan fingerprint density at radius 3 is 2.48 bits per heavy atom. The lowest BCUT2D eigenvalue weighted by atomic mass is 9.98. The Bertz CT molecular complexity index is 741. The molecule has 1 aliphatic carbocycles. The Morgan fingerprint density at radius 2 is 1.90 bits per heavy atom. The van der Waals surface area contributed by atoms with Gasteiger partial charge in [-0.25, -0.2) is 0 Å². The molecule has 2 N–H and O–H groups in total. The lowest BCUT2D eigenvalue weighted by Crippen LogP contribution is -2.40. The van der Waals surface area contributed by atoms with E-state index in [1.54, 1.807) is 21.3 Å². The number of ether oxygens (including phenoxy) is 2. The molecular formula is C21H33IN4O3. The van der Waals surface area contributed by atoms with Crippen LogP contribution in [0, 0.1) is 5.92 Å². The monoisotopic (exact) mass is 516 g/mol. The molecule has 29 heavy (non-hydrogen) atoms. The Labute approximate surface area is 190 Å². The van der Waals surface area contributed by atoms with Crippen molar-refractivity contribution in [2.45, 2.75) is 45.2 Å². The van der Waals surface area contributed by atoms with Crippen molar-refractivity contribution in [1.82, 2.24) is 15.5 Å². The van der Waals surface area contributed by atoms with Crippen LogP contribution >= 0.6 is 24.0 Å². The number of fused-ring (bicyclic) bond motifs is 1. The number of aliphatic imine (C=N–C) groups is 1. The molecule has 8 heteroatoms. The molecule has 0 aromatic heterocycles. The Morgan fingerprint density at radius 1 is 1.24 bits per heavy atom. The number of carbonyl (C=O) groups excluding carboxylic acids is 1.